The van der Waals surface area contributed by atoms with Crippen molar-refractivity contribution in [3.05, 3.63) is 35.4 Å². The highest BCUT2D eigenvalue weighted by atomic mass is 35.5. The Bertz CT molecular complexity index is 537. The lowest BCUT2D eigenvalue weighted by atomic mass is 9.87. The Hall–Kier alpha value is -1.10. The van der Waals surface area contributed by atoms with Crippen LogP contribution in [0.25, 0.3) is 0 Å². The molecule has 0 spiro atoms. The number of amides is 1. The molecule has 1 saturated heterocycles. The predicted molar refractivity (Wildman–Crippen MR) is 101 cm³/mol. The second-order valence-electron chi connectivity index (χ2n) is 6.97. The minimum absolute atomic E-state index is 0. The molecule has 1 aromatic rings. The second-order valence-corrected chi connectivity index (χ2v) is 6.97. The summed E-state index contributed by atoms with van der Waals surface area (Å²) < 4.78 is 0. The van der Waals surface area contributed by atoms with Crippen LogP contribution in [0.5, 0.6) is 0 Å². The van der Waals surface area contributed by atoms with Crippen LogP contribution in [-0.4, -0.2) is 43.5 Å². The third kappa shape index (κ3) is 4.50. The average Bonchev–Trinajstić information content (AvgIpc) is 3.06. The summed E-state index contributed by atoms with van der Waals surface area (Å²) in [5, 5.41) is 7.04. The number of aryl methyl sites for hydroxylation is 1. The largest absolute Gasteiger partial charge is 0.340 e. The van der Waals surface area contributed by atoms with Gasteiger partial charge in [-0.05, 0) is 25.3 Å². The summed E-state index contributed by atoms with van der Waals surface area (Å²) in [5.74, 6) is 0.288. The van der Waals surface area contributed by atoms with Crippen LogP contribution >= 0.6 is 12.4 Å². The number of nitrogens with zero attached hydrogens (tertiary/aromatic N) is 1. The van der Waals surface area contributed by atoms with Gasteiger partial charge < -0.3 is 15.5 Å². The van der Waals surface area contributed by atoms with Crippen LogP contribution < -0.4 is 10.6 Å². The van der Waals surface area contributed by atoms with E-state index >= 15 is 0 Å². The quantitative estimate of drug-likeness (QED) is 0.857. The van der Waals surface area contributed by atoms with Gasteiger partial charge in [0, 0.05) is 44.7 Å². The molecule has 2 aliphatic rings. The van der Waals surface area contributed by atoms with Crippen molar-refractivity contribution in [3.63, 3.8) is 0 Å². The van der Waals surface area contributed by atoms with Gasteiger partial charge in [-0.2, -0.15) is 0 Å². The van der Waals surface area contributed by atoms with E-state index in [0.29, 0.717) is 6.42 Å². The zero-order valence-electron chi connectivity index (χ0n) is 14.6. The summed E-state index contributed by atoms with van der Waals surface area (Å²) in [6, 6.07) is 8.85. The van der Waals surface area contributed by atoms with Crippen LogP contribution in [0, 0.1) is 6.92 Å². The zero-order chi connectivity index (χ0) is 16.1. The normalized spacial score (nSPS) is 19.8. The van der Waals surface area contributed by atoms with Crippen molar-refractivity contribution < 1.29 is 4.79 Å². The first-order chi connectivity index (χ1) is 11.2. The topological polar surface area (TPSA) is 44.4 Å². The summed E-state index contributed by atoms with van der Waals surface area (Å²) in [6.45, 7) is 6.47. The van der Waals surface area contributed by atoms with E-state index in [-0.39, 0.29) is 23.9 Å². The van der Waals surface area contributed by atoms with Gasteiger partial charge in [-0.3, -0.25) is 4.79 Å². The molecular formula is C19H30ClN3O. The Kier molecular flexibility index (Phi) is 7.08. The summed E-state index contributed by atoms with van der Waals surface area (Å²) in [6.07, 6.45) is 5.50. The van der Waals surface area contributed by atoms with Crippen molar-refractivity contribution >= 4 is 18.3 Å². The van der Waals surface area contributed by atoms with Crippen molar-refractivity contribution in [2.75, 3.05) is 32.7 Å². The molecule has 1 aliphatic carbocycles. The fourth-order valence-electron chi connectivity index (χ4n) is 3.97. The standard InChI is InChI=1S/C19H29N3O.ClH/c1-16-5-4-6-17(15-16)19(8-2-3-9-19)21-10-7-18(23)22-13-11-20-12-14-22;/h4-6,15,20-21H,2-3,7-14H2,1H3;1H. The number of carbonyl (C=O) groups is 1. The monoisotopic (exact) mass is 351 g/mol. The molecule has 134 valence electrons. The van der Waals surface area contributed by atoms with Crippen LogP contribution in [0.4, 0.5) is 0 Å². The van der Waals surface area contributed by atoms with Gasteiger partial charge in [0.1, 0.15) is 0 Å². The molecule has 0 bridgehead atoms. The molecule has 2 fully saturated rings. The molecule has 24 heavy (non-hydrogen) atoms. The van der Waals surface area contributed by atoms with Crippen LogP contribution in [0.2, 0.25) is 0 Å². The molecule has 1 heterocycles. The number of halogens is 1. The molecule has 0 unspecified atom stereocenters. The molecule has 3 rings (SSSR count). The second kappa shape index (κ2) is 8.84. The van der Waals surface area contributed by atoms with Crippen LogP contribution in [-0.2, 0) is 10.3 Å². The van der Waals surface area contributed by atoms with E-state index in [0.717, 1.165) is 32.7 Å². The Morgan fingerprint density at radius 3 is 2.62 bits per heavy atom. The van der Waals surface area contributed by atoms with Gasteiger partial charge in [-0.25, -0.2) is 0 Å². The molecule has 1 aromatic carbocycles. The SMILES string of the molecule is Cc1cccc(C2(NCCC(=O)N3CCNCC3)CCCC2)c1.Cl. The van der Waals surface area contributed by atoms with Crippen molar-refractivity contribution in [1.29, 1.82) is 0 Å². The van der Waals surface area contributed by atoms with E-state index in [1.807, 2.05) is 4.90 Å². The maximum atomic E-state index is 12.3. The number of piperazine rings is 1. The lowest BCUT2D eigenvalue weighted by molar-refractivity contribution is -0.131. The van der Waals surface area contributed by atoms with Crippen molar-refractivity contribution in [3.8, 4) is 0 Å². The van der Waals surface area contributed by atoms with E-state index in [2.05, 4.69) is 41.8 Å². The molecule has 0 radical (unpaired) electrons. The number of hydrogen-bond acceptors (Lipinski definition) is 3. The van der Waals surface area contributed by atoms with Gasteiger partial charge in [-0.15, -0.1) is 12.4 Å². The molecule has 1 saturated carbocycles. The predicted octanol–water partition coefficient (Wildman–Crippen LogP) is 2.60. The molecule has 4 nitrogen and oxygen atoms in total. The van der Waals surface area contributed by atoms with E-state index in [1.165, 1.54) is 36.8 Å². The average molecular weight is 352 g/mol. The highest BCUT2D eigenvalue weighted by Crippen LogP contribution is 2.38. The van der Waals surface area contributed by atoms with Gasteiger partial charge >= 0.3 is 0 Å². The maximum absolute atomic E-state index is 12.3. The van der Waals surface area contributed by atoms with Gasteiger partial charge in [0.25, 0.3) is 0 Å². The minimum atomic E-state index is 0. The maximum Gasteiger partial charge on any atom is 0.223 e. The van der Waals surface area contributed by atoms with E-state index in [4.69, 9.17) is 0 Å². The third-order valence-corrected chi connectivity index (χ3v) is 5.30. The summed E-state index contributed by atoms with van der Waals surface area (Å²) in [7, 11) is 0. The highest BCUT2D eigenvalue weighted by molar-refractivity contribution is 5.85. The Balaban J connectivity index is 0.00000208. The number of nitrogens with one attached hydrogen (secondary N) is 2. The first kappa shape index (κ1) is 19.2. The van der Waals surface area contributed by atoms with Crippen LogP contribution in [0.1, 0.15) is 43.2 Å². The lowest BCUT2D eigenvalue weighted by Crippen LogP contribution is -2.48. The van der Waals surface area contributed by atoms with Crippen LogP contribution in [0.3, 0.4) is 0 Å². The molecule has 5 heteroatoms. The minimum Gasteiger partial charge on any atom is -0.340 e. The molecule has 0 atom stereocenters. The number of rotatable bonds is 5. The Morgan fingerprint density at radius 2 is 1.96 bits per heavy atom. The van der Waals surface area contributed by atoms with Gasteiger partial charge in [0.2, 0.25) is 5.91 Å². The van der Waals surface area contributed by atoms with Crippen molar-refractivity contribution in [2.45, 2.75) is 44.6 Å². The molecule has 1 amide bonds. The molecule has 0 aromatic heterocycles. The Labute approximate surface area is 151 Å². The van der Waals surface area contributed by atoms with E-state index < -0.39 is 0 Å². The highest BCUT2D eigenvalue weighted by Gasteiger charge is 2.35. The van der Waals surface area contributed by atoms with E-state index in [1.54, 1.807) is 0 Å². The summed E-state index contributed by atoms with van der Waals surface area (Å²) in [5.41, 5.74) is 2.78. The lowest BCUT2D eigenvalue weighted by Gasteiger charge is -2.32. The number of hydrogen-bond donors (Lipinski definition) is 2. The van der Waals surface area contributed by atoms with Gasteiger partial charge in [0.05, 0.1) is 0 Å². The smallest absolute Gasteiger partial charge is 0.223 e. The molecule has 2 N–H and O–H groups in total. The summed E-state index contributed by atoms with van der Waals surface area (Å²) in [4.78, 5) is 14.3. The number of benzene rings is 1. The first-order valence-electron chi connectivity index (χ1n) is 9.00. The fourth-order valence-corrected chi connectivity index (χ4v) is 3.97. The molecule has 1 aliphatic heterocycles. The van der Waals surface area contributed by atoms with Crippen molar-refractivity contribution in [2.24, 2.45) is 0 Å². The van der Waals surface area contributed by atoms with Crippen molar-refractivity contribution in [1.82, 2.24) is 15.5 Å². The first-order valence-corrected chi connectivity index (χ1v) is 9.00. The third-order valence-electron chi connectivity index (χ3n) is 5.30. The summed E-state index contributed by atoms with van der Waals surface area (Å²) >= 11 is 0. The molecular weight excluding hydrogens is 322 g/mol. The van der Waals surface area contributed by atoms with Gasteiger partial charge in [0.15, 0.2) is 0 Å². The number of carbonyl (C=O) groups excluding carboxylic acids is 1. The van der Waals surface area contributed by atoms with E-state index in [9.17, 15) is 4.79 Å². The fraction of sp³-hybridized carbons (Fsp3) is 0.632. The van der Waals surface area contributed by atoms with Gasteiger partial charge in [-0.1, -0.05) is 42.7 Å². The van der Waals surface area contributed by atoms with Crippen LogP contribution in [0.15, 0.2) is 24.3 Å². The Morgan fingerprint density at radius 1 is 1.25 bits per heavy atom. The zero-order valence-corrected chi connectivity index (χ0v) is 15.5.